The Bertz CT molecular complexity index is 423. The second-order valence-electron chi connectivity index (χ2n) is 5.87. The van der Waals surface area contributed by atoms with E-state index in [0.717, 1.165) is 38.0 Å². The maximum Gasteiger partial charge on any atom is 0.304 e. The lowest BCUT2D eigenvalue weighted by atomic mass is 9.87. The van der Waals surface area contributed by atoms with Gasteiger partial charge in [0.05, 0.1) is 12.2 Å². The van der Waals surface area contributed by atoms with E-state index in [1.54, 1.807) is 0 Å². The van der Waals surface area contributed by atoms with Crippen molar-refractivity contribution in [2.45, 2.75) is 38.5 Å². The molecule has 2 aliphatic carbocycles. The molecule has 2 fully saturated rings. The number of carboxylic acid groups (broad SMARTS) is 1. The van der Waals surface area contributed by atoms with Crippen LogP contribution >= 0.6 is 0 Å². The van der Waals surface area contributed by atoms with E-state index >= 15 is 0 Å². The van der Waals surface area contributed by atoms with E-state index in [4.69, 9.17) is 5.11 Å². The van der Waals surface area contributed by atoms with Crippen LogP contribution in [0.25, 0.3) is 0 Å². The van der Waals surface area contributed by atoms with Gasteiger partial charge in [0, 0.05) is 13.6 Å². The highest BCUT2D eigenvalue weighted by atomic mass is 32.2. The number of hydrogen-bond donors (Lipinski definition) is 1. The first-order chi connectivity index (χ1) is 8.33. The molecule has 0 aromatic carbocycles. The Morgan fingerprint density at radius 1 is 1.39 bits per heavy atom. The number of hydrogen-bond acceptors (Lipinski definition) is 3. The Kier molecular flexibility index (Phi) is 3.69. The average Bonchev–Trinajstić information content (AvgIpc) is 2.84. The molecule has 2 rings (SSSR count). The Morgan fingerprint density at radius 2 is 2.00 bits per heavy atom. The predicted molar refractivity (Wildman–Crippen MR) is 67.7 cm³/mol. The molecule has 0 aromatic heterocycles. The number of carboxylic acids is 1. The molecule has 18 heavy (non-hydrogen) atoms. The molecule has 0 spiro atoms. The van der Waals surface area contributed by atoms with Crippen molar-refractivity contribution >= 4 is 16.0 Å². The van der Waals surface area contributed by atoms with Crippen LogP contribution in [0.4, 0.5) is 0 Å². The second kappa shape index (κ2) is 4.81. The van der Waals surface area contributed by atoms with Crippen LogP contribution in [0.2, 0.25) is 0 Å². The standard InChI is InChI=1S/C12H21NO4S/c1-13(7-4-11(14)15)18(16,17)9-12-5-2-10(8-12)3-6-12/h10H,2-9H2,1H3,(H,14,15). The fourth-order valence-electron chi connectivity index (χ4n) is 3.40. The highest BCUT2D eigenvalue weighted by Crippen LogP contribution is 2.54. The topological polar surface area (TPSA) is 74.7 Å². The molecule has 0 saturated heterocycles. The molecule has 0 heterocycles. The number of carbonyl (C=O) groups is 1. The van der Waals surface area contributed by atoms with Crippen molar-refractivity contribution in [1.82, 2.24) is 4.31 Å². The third-order valence-corrected chi connectivity index (χ3v) is 6.60. The average molecular weight is 275 g/mol. The van der Waals surface area contributed by atoms with Gasteiger partial charge in [0.15, 0.2) is 0 Å². The Labute approximate surface area is 108 Å². The fraction of sp³-hybridized carbons (Fsp3) is 0.917. The minimum absolute atomic E-state index is 0.0129. The van der Waals surface area contributed by atoms with Gasteiger partial charge >= 0.3 is 5.97 Å². The van der Waals surface area contributed by atoms with Crippen LogP contribution in [0, 0.1) is 11.3 Å². The second-order valence-corrected chi connectivity index (χ2v) is 7.94. The zero-order valence-electron chi connectivity index (χ0n) is 10.8. The monoisotopic (exact) mass is 275 g/mol. The summed E-state index contributed by atoms with van der Waals surface area (Å²) in [6.45, 7) is 0.0666. The first-order valence-corrected chi connectivity index (χ1v) is 8.10. The van der Waals surface area contributed by atoms with Crippen LogP contribution in [0.1, 0.15) is 38.5 Å². The normalized spacial score (nSPS) is 31.1. The molecule has 5 nitrogen and oxygen atoms in total. The van der Waals surface area contributed by atoms with E-state index in [9.17, 15) is 13.2 Å². The molecule has 0 atom stereocenters. The number of sulfonamides is 1. The first kappa shape index (κ1) is 13.8. The van der Waals surface area contributed by atoms with Crippen molar-refractivity contribution < 1.29 is 18.3 Å². The van der Waals surface area contributed by atoms with Crippen molar-refractivity contribution in [2.24, 2.45) is 11.3 Å². The molecule has 0 unspecified atom stereocenters. The van der Waals surface area contributed by atoms with Crippen LogP contribution in [-0.4, -0.2) is 43.1 Å². The predicted octanol–water partition coefficient (Wildman–Crippen LogP) is 1.30. The third kappa shape index (κ3) is 2.85. The molecule has 0 radical (unpaired) electrons. The first-order valence-electron chi connectivity index (χ1n) is 6.49. The number of fused-ring (bicyclic) bond motifs is 2. The van der Waals surface area contributed by atoms with Crippen LogP contribution < -0.4 is 0 Å². The van der Waals surface area contributed by atoms with Gasteiger partial charge in [-0.15, -0.1) is 0 Å². The molecule has 2 aliphatic rings. The Hall–Kier alpha value is -0.620. The summed E-state index contributed by atoms with van der Waals surface area (Å²) < 4.78 is 25.6. The van der Waals surface area contributed by atoms with Crippen LogP contribution in [0.15, 0.2) is 0 Å². The number of aliphatic carboxylic acids is 1. The van der Waals surface area contributed by atoms with Crippen molar-refractivity contribution in [3.8, 4) is 0 Å². The van der Waals surface area contributed by atoms with Crippen LogP contribution in [0.3, 0.4) is 0 Å². The molecule has 104 valence electrons. The van der Waals surface area contributed by atoms with Crippen molar-refractivity contribution in [2.75, 3.05) is 19.3 Å². The van der Waals surface area contributed by atoms with E-state index < -0.39 is 16.0 Å². The molecule has 0 aliphatic heterocycles. The van der Waals surface area contributed by atoms with E-state index in [1.807, 2.05) is 0 Å². The van der Waals surface area contributed by atoms with Gasteiger partial charge in [-0.2, -0.15) is 0 Å². The number of rotatable bonds is 6. The van der Waals surface area contributed by atoms with Gasteiger partial charge in [-0.1, -0.05) is 0 Å². The summed E-state index contributed by atoms with van der Waals surface area (Å²) in [7, 11) is -1.83. The highest BCUT2D eigenvalue weighted by molar-refractivity contribution is 7.89. The lowest BCUT2D eigenvalue weighted by Crippen LogP contribution is -2.37. The quantitative estimate of drug-likeness (QED) is 0.793. The summed E-state index contributed by atoms with van der Waals surface area (Å²) in [5, 5.41) is 8.59. The summed E-state index contributed by atoms with van der Waals surface area (Å²) >= 11 is 0. The molecule has 2 bridgehead atoms. The highest BCUT2D eigenvalue weighted by Gasteiger charge is 2.47. The largest absolute Gasteiger partial charge is 0.481 e. The molecular weight excluding hydrogens is 254 g/mol. The summed E-state index contributed by atoms with van der Waals surface area (Å²) in [5.41, 5.74) is -0.0129. The zero-order valence-corrected chi connectivity index (χ0v) is 11.6. The third-order valence-electron chi connectivity index (χ3n) is 4.49. The Morgan fingerprint density at radius 3 is 2.44 bits per heavy atom. The van der Waals surface area contributed by atoms with E-state index in [0.29, 0.717) is 0 Å². The summed E-state index contributed by atoms with van der Waals surface area (Å²) in [6.07, 6.45) is 5.26. The van der Waals surface area contributed by atoms with Gasteiger partial charge in [-0.3, -0.25) is 4.79 Å². The maximum atomic E-state index is 12.2. The van der Waals surface area contributed by atoms with Crippen LogP contribution in [0.5, 0.6) is 0 Å². The summed E-state index contributed by atoms with van der Waals surface area (Å²) in [4.78, 5) is 10.5. The molecule has 0 aromatic rings. The molecular formula is C12H21NO4S. The SMILES string of the molecule is CN(CCC(=O)O)S(=O)(=O)CC12CCC(CC1)C2. The lowest BCUT2D eigenvalue weighted by molar-refractivity contribution is -0.137. The van der Waals surface area contributed by atoms with Gasteiger partial charge < -0.3 is 5.11 Å². The van der Waals surface area contributed by atoms with Crippen molar-refractivity contribution in [1.29, 1.82) is 0 Å². The smallest absolute Gasteiger partial charge is 0.304 e. The molecule has 6 heteroatoms. The van der Waals surface area contributed by atoms with Gasteiger partial charge in [0.2, 0.25) is 10.0 Å². The number of nitrogens with zero attached hydrogens (tertiary/aromatic N) is 1. The van der Waals surface area contributed by atoms with Gasteiger partial charge in [0.1, 0.15) is 0 Å². The van der Waals surface area contributed by atoms with Gasteiger partial charge in [-0.05, 0) is 43.4 Å². The Balaban J connectivity index is 1.96. The van der Waals surface area contributed by atoms with E-state index in [2.05, 4.69) is 0 Å². The fourth-order valence-corrected chi connectivity index (χ4v) is 5.17. The minimum Gasteiger partial charge on any atom is -0.481 e. The minimum atomic E-state index is -3.31. The summed E-state index contributed by atoms with van der Waals surface area (Å²) in [5.74, 6) is -0.0337. The molecule has 0 amide bonds. The van der Waals surface area contributed by atoms with Gasteiger partial charge in [-0.25, -0.2) is 12.7 Å². The molecule has 1 N–H and O–H groups in total. The lowest BCUT2D eigenvalue weighted by Gasteiger charge is -2.28. The maximum absolute atomic E-state index is 12.2. The van der Waals surface area contributed by atoms with Crippen molar-refractivity contribution in [3.63, 3.8) is 0 Å². The van der Waals surface area contributed by atoms with Crippen molar-refractivity contribution in [3.05, 3.63) is 0 Å². The van der Waals surface area contributed by atoms with E-state index in [-0.39, 0.29) is 24.1 Å². The van der Waals surface area contributed by atoms with Gasteiger partial charge in [0.25, 0.3) is 0 Å². The summed E-state index contributed by atoms with van der Waals surface area (Å²) in [6, 6.07) is 0. The molecule has 2 saturated carbocycles. The zero-order chi connectivity index (χ0) is 13.4. The van der Waals surface area contributed by atoms with Crippen LogP contribution in [-0.2, 0) is 14.8 Å². The van der Waals surface area contributed by atoms with E-state index in [1.165, 1.54) is 11.4 Å².